The molecular formula is C14H24N2O2. The van der Waals surface area contributed by atoms with Crippen molar-refractivity contribution in [2.45, 2.75) is 50.7 Å². The highest BCUT2D eigenvalue weighted by atomic mass is 16.6. The van der Waals surface area contributed by atoms with Crippen molar-refractivity contribution >= 4 is 5.91 Å². The lowest BCUT2D eigenvalue weighted by atomic mass is 9.99. The van der Waals surface area contributed by atoms with Gasteiger partial charge in [-0.05, 0) is 38.6 Å². The monoisotopic (exact) mass is 252 g/mol. The third-order valence-electron chi connectivity index (χ3n) is 4.41. The summed E-state index contributed by atoms with van der Waals surface area (Å²) in [5.74, 6) is 0.384. The molecule has 0 aromatic rings. The number of rotatable bonds is 3. The number of likely N-dealkylation sites (tertiary alicyclic amines) is 2. The van der Waals surface area contributed by atoms with Gasteiger partial charge in [0.05, 0.1) is 18.8 Å². The van der Waals surface area contributed by atoms with Crippen molar-refractivity contribution in [3.63, 3.8) is 0 Å². The molecule has 0 aliphatic carbocycles. The average Bonchev–Trinajstić information content (AvgIpc) is 3.24. The van der Waals surface area contributed by atoms with Crippen molar-refractivity contribution in [2.24, 2.45) is 0 Å². The first-order valence-electron chi connectivity index (χ1n) is 7.49. The van der Waals surface area contributed by atoms with E-state index >= 15 is 0 Å². The second kappa shape index (κ2) is 5.57. The molecule has 102 valence electrons. The fourth-order valence-electron chi connectivity index (χ4n) is 3.25. The minimum Gasteiger partial charge on any atom is -0.372 e. The predicted octanol–water partition coefficient (Wildman–Crippen LogP) is 1.25. The summed E-state index contributed by atoms with van der Waals surface area (Å²) in [7, 11) is 0. The van der Waals surface area contributed by atoms with Gasteiger partial charge in [-0.25, -0.2) is 0 Å². The number of epoxide rings is 1. The van der Waals surface area contributed by atoms with E-state index in [4.69, 9.17) is 4.74 Å². The normalized spacial score (nSPS) is 33.4. The molecule has 0 aromatic carbocycles. The van der Waals surface area contributed by atoms with Crippen LogP contribution in [-0.2, 0) is 9.53 Å². The molecule has 0 saturated carbocycles. The number of hydrogen-bond donors (Lipinski definition) is 0. The maximum atomic E-state index is 12.6. The zero-order valence-corrected chi connectivity index (χ0v) is 11.1. The lowest BCUT2D eigenvalue weighted by Crippen LogP contribution is -2.52. The van der Waals surface area contributed by atoms with Gasteiger partial charge in [0.1, 0.15) is 0 Å². The Morgan fingerprint density at radius 3 is 2.50 bits per heavy atom. The number of ether oxygens (including phenoxy) is 1. The lowest BCUT2D eigenvalue weighted by molar-refractivity contribution is -0.139. The Morgan fingerprint density at radius 1 is 1.06 bits per heavy atom. The summed E-state index contributed by atoms with van der Waals surface area (Å²) < 4.78 is 5.32. The van der Waals surface area contributed by atoms with Crippen LogP contribution in [0.2, 0.25) is 0 Å². The van der Waals surface area contributed by atoms with E-state index in [2.05, 4.69) is 9.80 Å². The van der Waals surface area contributed by atoms with Crippen LogP contribution in [-0.4, -0.2) is 60.6 Å². The molecule has 4 nitrogen and oxygen atoms in total. The first kappa shape index (κ1) is 12.4. The molecule has 0 radical (unpaired) electrons. The van der Waals surface area contributed by atoms with Gasteiger partial charge in [0.15, 0.2) is 0 Å². The molecule has 3 rings (SSSR count). The minimum absolute atomic E-state index is 0.140. The number of carbonyl (C=O) groups is 1. The van der Waals surface area contributed by atoms with Crippen LogP contribution in [0.25, 0.3) is 0 Å². The van der Waals surface area contributed by atoms with Crippen LogP contribution in [0.1, 0.15) is 38.5 Å². The molecule has 1 amide bonds. The Morgan fingerprint density at radius 2 is 1.78 bits per heavy atom. The van der Waals surface area contributed by atoms with E-state index in [-0.39, 0.29) is 6.04 Å². The van der Waals surface area contributed by atoms with Crippen LogP contribution in [0.4, 0.5) is 0 Å². The number of nitrogens with zero attached hydrogens (tertiary/aromatic N) is 2. The van der Waals surface area contributed by atoms with Crippen molar-refractivity contribution in [3.8, 4) is 0 Å². The summed E-state index contributed by atoms with van der Waals surface area (Å²) >= 11 is 0. The zero-order chi connectivity index (χ0) is 12.4. The summed E-state index contributed by atoms with van der Waals surface area (Å²) in [6, 6.07) is 0.140. The molecule has 0 spiro atoms. The van der Waals surface area contributed by atoms with Crippen LogP contribution in [0, 0.1) is 0 Å². The lowest BCUT2D eigenvalue weighted by Gasteiger charge is -2.38. The Bertz CT molecular complexity index is 298. The van der Waals surface area contributed by atoms with Crippen molar-refractivity contribution < 1.29 is 9.53 Å². The SMILES string of the molecule is O=C([C@@H]1CCCCN1C[C@@H]1CO1)N1CCCCC1. The molecule has 3 saturated heterocycles. The molecule has 3 aliphatic heterocycles. The number of hydrogen-bond acceptors (Lipinski definition) is 3. The van der Waals surface area contributed by atoms with Gasteiger partial charge in [-0.2, -0.15) is 0 Å². The molecule has 3 fully saturated rings. The van der Waals surface area contributed by atoms with E-state index in [1.165, 1.54) is 32.1 Å². The molecule has 18 heavy (non-hydrogen) atoms. The number of piperidine rings is 2. The van der Waals surface area contributed by atoms with Crippen molar-refractivity contribution in [3.05, 3.63) is 0 Å². The van der Waals surface area contributed by atoms with E-state index in [1.54, 1.807) is 0 Å². The topological polar surface area (TPSA) is 36.1 Å². The molecule has 0 unspecified atom stereocenters. The summed E-state index contributed by atoms with van der Waals surface area (Å²) in [6.45, 7) is 4.88. The van der Waals surface area contributed by atoms with Crippen LogP contribution in [0.5, 0.6) is 0 Å². The van der Waals surface area contributed by atoms with E-state index < -0.39 is 0 Å². The quantitative estimate of drug-likeness (QED) is 0.709. The first-order chi connectivity index (χ1) is 8.84. The van der Waals surface area contributed by atoms with Gasteiger partial charge in [-0.3, -0.25) is 9.69 Å². The minimum atomic E-state index is 0.140. The van der Waals surface area contributed by atoms with Crippen LogP contribution < -0.4 is 0 Å². The van der Waals surface area contributed by atoms with Gasteiger partial charge >= 0.3 is 0 Å². The third kappa shape index (κ3) is 2.86. The molecule has 0 aromatic heterocycles. The Balaban J connectivity index is 1.60. The van der Waals surface area contributed by atoms with Gasteiger partial charge in [0.25, 0.3) is 0 Å². The van der Waals surface area contributed by atoms with Crippen molar-refractivity contribution in [1.29, 1.82) is 0 Å². The number of amides is 1. The molecule has 3 heterocycles. The maximum absolute atomic E-state index is 12.6. The standard InChI is InChI=1S/C14H24N2O2/c17-14(15-7-3-1-4-8-15)13-6-2-5-9-16(13)10-12-11-18-12/h12-13H,1-11H2/t12-,13+/m1/s1. The highest BCUT2D eigenvalue weighted by Crippen LogP contribution is 2.23. The van der Waals surface area contributed by atoms with Crippen molar-refractivity contribution in [1.82, 2.24) is 9.80 Å². The zero-order valence-electron chi connectivity index (χ0n) is 11.1. The van der Waals surface area contributed by atoms with Crippen LogP contribution in [0.3, 0.4) is 0 Å². The highest BCUT2D eigenvalue weighted by molar-refractivity contribution is 5.82. The smallest absolute Gasteiger partial charge is 0.239 e. The Kier molecular flexibility index (Phi) is 3.85. The Labute approximate surface area is 109 Å². The van der Waals surface area contributed by atoms with Gasteiger partial charge < -0.3 is 9.64 Å². The third-order valence-corrected chi connectivity index (χ3v) is 4.41. The summed E-state index contributed by atoms with van der Waals surface area (Å²) in [5.41, 5.74) is 0. The molecule has 0 N–H and O–H groups in total. The van der Waals surface area contributed by atoms with E-state index in [0.717, 1.165) is 39.2 Å². The van der Waals surface area contributed by atoms with Crippen molar-refractivity contribution in [2.75, 3.05) is 32.8 Å². The maximum Gasteiger partial charge on any atom is 0.239 e. The molecule has 2 atom stereocenters. The van der Waals surface area contributed by atoms with Gasteiger partial charge in [-0.1, -0.05) is 6.42 Å². The molecule has 0 bridgehead atoms. The van der Waals surface area contributed by atoms with E-state index in [1.807, 2.05) is 0 Å². The predicted molar refractivity (Wildman–Crippen MR) is 69.4 cm³/mol. The second-order valence-corrected chi connectivity index (χ2v) is 5.85. The van der Waals surface area contributed by atoms with Crippen LogP contribution >= 0.6 is 0 Å². The largest absolute Gasteiger partial charge is 0.372 e. The fraction of sp³-hybridized carbons (Fsp3) is 0.929. The fourth-order valence-corrected chi connectivity index (χ4v) is 3.25. The van der Waals surface area contributed by atoms with Gasteiger partial charge in [0, 0.05) is 19.6 Å². The summed E-state index contributed by atoms with van der Waals surface area (Å²) in [4.78, 5) is 17.1. The highest BCUT2D eigenvalue weighted by Gasteiger charge is 2.35. The second-order valence-electron chi connectivity index (χ2n) is 5.85. The average molecular weight is 252 g/mol. The molecular weight excluding hydrogens is 228 g/mol. The first-order valence-corrected chi connectivity index (χ1v) is 7.49. The van der Waals surface area contributed by atoms with Gasteiger partial charge in [0.2, 0.25) is 5.91 Å². The summed E-state index contributed by atoms with van der Waals surface area (Å²) in [6.07, 6.45) is 7.53. The Hall–Kier alpha value is -0.610. The van der Waals surface area contributed by atoms with E-state index in [9.17, 15) is 4.79 Å². The number of carbonyl (C=O) groups excluding carboxylic acids is 1. The summed E-state index contributed by atoms with van der Waals surface area (Å²) in [5, 5.41) is 0. The molecule has 3 aliphatic rings. The van der Waals surface area contributed by atoms with E-state index in [0.29, 0.717) is 12.0 Å². The molecule has 4 heteroatoms. The van der Waals surface area contributed by atoms with Gasteiger partial charge in [-0.15, -0.1) is 0 Å². The van der Waals surface area contributed by atoms with Crippen LogP contribution in [0.15, 0.2) is 0 Å².